The number of carbonyl (C=O) groups excluding carboxylic acids is 1. The highest BCUT2D eigenvalue weighted by molar-refractivity contribution is 5.99. The number of aliphatic hydroxyl groups excluding tert-OH is 1. The fourth-order valence-corrected chi connectivity index (χ4v) is 3.41. The van der Waals surface area contributed by atoms with Crippen molar-refractivity contribution in [3.05, 3.63) is 36.0 Å². The molecule has 2 aliphatic rings. The first kappa shape index (κ1) is 15.1. The van der Waals surface area contributed by atoms with Crippen molar-refractivity contribution in [2.45, 2.75) is 44.2 Å². The molecule has 0 spiro atoms. The summed E-state index contributed by atoms with van der Waals surface area (Å²) in [6, 6.07) is 7.98. The number of amides is 1. The molecular weight excluding hydrogens is 304 g/mol. The van der Waals surface area contributed by atoms with Gasteiger partial charge in [-0.1, -0.05) is 18.2 Å². The molecule has 1 aromatic carbocycles. The van der Waals surface area contributed by atoms with Crippen molar-refractivity contribution in [2.24, 2.45) is 0 Å². The van der Waals surface area contributed by atoms with Crippen LogP contribution >= 0.6 is 0 Å². The highest BCUT2D eigenvalue weighted by atomic mass is 16.3. The van der Waals surface area contributed by atoms with Gasteiger partial charge in [-0.3, -0.25) is 4.79 Å². The first-order chi connectivity index (χ1) is 11.7. The number of anilines is 2. The lowest BCUT2D eigenvalue weighted by Gasteiger charge is -2.26. The summed E-state index contributed by atoms with van der Waals surface area (Å²) in [5.74, 6) is 0.533. The number of nitrogens with one attached hydrogen (secondary N) is 2. The standard InChI is InChI=1S/C18H20N4O2/c23-13-7-5-12(6-8-13)20-18-19-10-11-9-16(24)21-15-4-2-1-3-14(15)17(11)22-18/h1-4,10,12-13,23H,5-9H2,(H,21,24)(H,19,20,22)/t12-,13-. The van der Waals surface area contributed by atoms with E-state index in [9.17, 15) is 9.90 Å². The van der Waals surface area contributed by atoms with Crippen LogP contribution in [0.25, 0.3) is 11.3 Å². The molecular formula is C18H20N4O2. The van der Waals surface area contributed by atoms with E-state index in [2.05, 4.69) is 20.6 Å². The molecule has 1 amide bonds. The molecule has 0 saturated heterocycles. The van der Waals surface area contributed by atoms with Crippen LogP contribution in [0.4, 0.5) is 11.6 Å². The Morgan fingerprint density at radius 3 is 2.79 bits per heavy atom. The summed E-state index contributed by atoms with van der Waals surface area (Å²) in [6.45, 7) is 0. The Labute approximate surface area is 140 Å². The Morgan fingerprint density at radius 1 is 1.17 bits per heavy atom. The maximum absolute atomic E-state index is 12.0. The van der Waals surface area contributed by atoms with Crippen molar-refractivity contribution in [2.75, 3.05) is 10.6 Å². The van der Waals surface area contributed by atoms with E-state index in [0.29, 0.717) is 5.95 Å². The van der Waals surface area contributed by atoms with Gasteiger partial charge in [0.15, 0.2) is 0 Å². The van der Waals surface area contributed by atoms with Crippen molar-refractivity contribution in [1.29, 1.82) is 0 Å². The fourth-order valence-electron chi connectivity index (χ4n) is 3.41. The fraction of sp³-hybridized carbons (Fsp3) is 0.389. The predicted octanol–water partition coefficient (Wildman–Crippen LogP) is 2.35. The molecule has 1 fully saturated rings. The van der Waals surface area contributed by atoms with E-state index in [-0.39, 0.29) is 24.5 Å². The summed E-state index contributed by atoms with van der Waals surface area (Å²) in [5.41, 5.74) is 3.34. The molecule has 0 bridgehead atoms. The Kier molecular flexibility index (Phi) is 3.90. The lowest BCUT2D eigenvalue weighted by atomic mass is 9.93. The number of hydrogen-bond acceptors (Lipinski definition) is 5. The molecule has 1 aliphatic carbocycles. The summed E-state index contributed by atoms with van der Waals surface area (Å²) < 4.78 is 0. The molecule has 3 N–H and O–H groups in total. The SMILES string of the molecule is O=C1Cc2cnc(N[C@H]3CC[C@H](O)CC3)nc2-c2ccccc2N1. The molecule has 0 atom stereocenters. The van der Waals surface area contributed by atoms with Crippen molar-refractivity contribution in [1.82, 2.24) is 9.97 Å². The molecule has 0 unspecified atom stereocenters. The topological polar surface area (TPSA) is 87.1 Å². The number of hydrogen-bond donors (Lipinski definition) is 3. The number of aliphatic hydroxyl groups is 1. The first-order valence-electron chi connectivity index (χ1n) is 8.39. The Balaban J connectivity index is 1.65. The molecule has 0 radical (unpaired) electrons. The number of aromatic nitrogens is 2. The van der Waals surface area contributed by atoms with Crippen LogP contribution < -0.4 is 10.6 Å². The van der Waals surface area contributed by atoms with Crippen molar-refractivity contribution in [3.63, 3.8) is 0 Å². The summed E-state index contributed by atoms with van der Waals surface area (Å²) in [4.78, 5) is 21.1. The van der Waals surface area contributed by atoms with Crippen LogP contribution in [0, 0.1) is 0 Å². The third-order valence-corrected chi connectivity index (χ3v) is 4.70. The highest BCUT2D eigenvalue weighted by Crippen LogP contribution is 2.32. The molecule has 2 heterocycles. The molecule has 2 aromatic rings. The average Bonchev–Trinajstić information content (AvgIpc) is 2.72. The Hall–Kier alpha value is -2.47. The van der Waals surface area contributed by atoms with Gasteiger partial charge in [-0.25, -0.2) is 9.97 Å². The minimum Gasteiger partial charge on any atom is -0.393 e. The van der Waals surface area contributed by atoms with E-state index in [1.54, 1.807) is 6.20 Å². The van der Waals surface area contributed by atoms with E-state index in [0.717, 1.165) is 48.2 Å². The van der Waals surface area contributed by atoms with E-state index in [1.807, 2.05) is 24.3 Å². The second-order valence-electron chi connectivity index (χ2n) is 6.49. The van der Waals surface area contributed by atoms with Crippen LogP contribution in [0.5, 0.6) is 0 Å². The maximum atomic E-state index is 12.0. The van der Waals surface area contributed by atoms with Gasteiger partial charge in [0.2, 0.25) is 11.9 Å². The summed E-state index contributed by atoms with van der Waals surface area (Å²) in [5, 5.41) is 15.9. The minimum absolute atomic E-state index is 0.0493. The normalized spacial score (nSPS) is 22.8. The zero-order valence-electron chi connectivity index (χ0n) is 13.3. The summed E-state index contributed by atoms with van der Waals surface area (Å²) >= 11 is 0. The van der Waals surface area contributed by atoms with Crippen molar-refractivity contribution < 1.29 is 9.90 Å². The highest BCUT2D eigenvalue weighted by Gasteiger charge is 2.23. The first-order valence-corrected chi connectivity index (χ1v) is 8.39. The van der Waals surface area contributed by atoms with Gasteiger partial charge in [0, 0.05) is 23.4 Å². The molecule has 124 valence electrons. The molecule has 24 heavy (non-hydrogen) atoms. The van der Waals surface area contributed by atoms with Crippen LogP contribution in [-0.4, -0.2) is 33.1 Å². The van der Waals surface area contributed by atoms with Crippen LogP contribution in [0.1, 0.15) is 31.2 Å². The van der Waals surface area contributed by atoms with Gasteiger partial charge in [-0.05, 0) is 31.7 Å². The zero-order chi connectivity index (χ0) is 16.5. The average molecular weight is 324 g/mol. The number of rotatable bonds is 2. The van der Waals surface area contributed by atoms with E-state index < -0.39 is 0 Å². The molecule has 1 saturated carbocycles. The van der Waals surface area contributed by atoms with Crippen LogP contribution in [0.3, 0.4) is 0 Å². The number of nitrogens with zero attached hydrogens (tertiary/aromatic N) is 2. The van der Waals surface area contributed by atoms with Crippen LogP contribution in [0.15, 0.2) is 30.5 Å². The number of benzene rings is 1. The van der Waals surface area contributed by atoms with Crippen molar-refractivity contribution >= 4 is 17.5 Å². The monoisotopic (exact) mass is 324 g/mol. The largest absolute Gasteiger partial charge is 0.393 e. The second kappa shape index (κ2) is 6.20. The van der Waals surface area contributed by atoms with Gasteiger partial charge >= 0.3 is 0 Å². The number of fused-ring (bicyclic) bond motifs is 3. The lowest BCUT2D eigenvalue weighted by molar-refractivity contribution is -0.115. The van der Waals surface area contributed by atoms with Gasteiger partial charge in [0.25, 0.3) is 0 Å². The smallest absolute Gasteiger partial charge is 0.228 e. The summed E-state index contributed by atoms with van der Waals surface area (Å²) in [7, 11) is 0. The van der Waals surface area contributed by atoms with Gasteiger partial charge in [-0.15, -0.1) is 0 Å². The van der Waals surface area contributed by atoms with Gasteiger partial charge in [0.05, 0.1) is 23.9 Å². The zero-order valence-corrected chi connectivity index (χ0v) is 13.3. The third kappa shape index (κ3) is 2.97. The molecule has 6 heteroatoms. The van der Waals surface area contributed by atoms with Gasteiger partial charge < -0.3 is 15.7 Å². The van der Waals surface area contributed by atoms with Gasteiger partial charge in [0.1, 0.15) is 0 Å². The lowest BCUT2D eigenvalue weighted by Crippen LogP contribution is -2.29. The van der Waals surface area contributed by atoms with Crippen molar-refractivity contribution in [3.8, 4) is 11.3 Å². The molecule has 1 aliphatic heterocycles. The number of para-hydroxylation sites is 1. The van der Waals surface area contributed by atoms with Crippen LogP contribution in [-0.2, 0) is 11.2 Å². The molecule has 1 aromatic heterocycles. The molecule has 6 nitrogen and oxygen atoms in total. The maximum Gasteiger partial charge on any atom is 0.228 e. The van der Waals surface area contributed by atoms with E-state index in [4.69, 9.17) is 0 Å². The summed E-state index contributed by atoms with van der Waals surface area (Å²) in [6.07, 6.45) is 5.29. The molecule has 4 rings (SSSR count). The second-order valence-corrected chi connectivity index (χ2v) is 6.49. The predicted molar refractivity (Wildman–Crippen MR) is 91.7 cm³/mol. The minimum atomic E-state index is -0.181. The van der Waals surface area contributed by atoms with E-state index in [1.165, 1.54) is 0 Å². The number of carbonyl (C=O) groups is 1. The van der Waals surface area contributed by atoms with Gasteiger partial charge in [-0.2, -0.15) is 0 Å². The Bertz CT molecular complexity index is 769. The quantitative estimate of drug-likeness (QED) is 0.789. The Morgan fingerprint density at radius 2 is 1.96 bits per heavy atom. The van der Waals surface area contributed by atoms with E-state index >= 15 is 0 Å². The van der Waals surface area contributed by atoms with Crippen LogP contribution in [0.2, 0.25) is 0 Å². The third-order valence-electron chi connectivity index (χ3n) is 4.70.